The third-order valence-electron chi connectivity index (χ3n) is 1.91. The maximum atomic E-state index is 11.6. The molecule has 0 aliphatic carbocycles. The van der Waals surface area contributed by atoms with Gasteiger partial charge in [-0.2, -0.15) is 0 Å². The lowest BCUT2D eigenvalue weighted by Gasteiger charge is -2.03. The van der Waals surface area contributed by atoms with Crippen LogP contribution < -0.4 is 11.1 Å². The Morgan fingerprint density at radius 3 is 3.12 bits per heavy atom. The fraction of sp³-hybridized carbons (Fsp3) is 0.600. The van der Waals surface area contributed by atoms with Crippen molar-refractivity contribution < 1.29 is 14.6 Å². The maximum Gasteiger partial charge on any atom is 0.270 e. The summed E-state index contributed by atoms with van der Waals surface area (Å²) in [5.41, 5.74) is 5.82. The fourth-order valence-electron chi connectivity index (χ4n) is 1.15. The highest BCUT2D eigenvalue weighted by atomic mass is 32.1. The highest BCUT2D eigenvalue weighted by Crippen LogP contribution is 2.09. The van der Waals surface area contributed by atoms with Crippen molar-refractivity contribution in [3.8, 4) is 0 Å². The molecule has 0 aromatic carbocycles. The number of hydrogen-bond acceptors (Lipinski definition) is 6. The first kappa shape index (κ1) is 14.0. The summed E-state index contributed by atoms with van der Waals surface area (Å²) >= 11 is 1.43. The Hall–Kier alpha value is -1.02. The number of nitrogens with one attached hydrogen (secondary N) is 1. The van der Waals surface area contributed by atoms with E-state index >= 15 is 0 Å². The highest BCUT2D eigenvalue weighted by molar-refractivity contribution is 7.09. The molecule has 96 valence electrons. The summed E-state index contributed by atoms with van der Waals surface area (Å²) in [5.74, 6) is -0.211. The summed E-state index contributed by atoms with van der Waals surface area (Å²) in [5, 5.41) is 13.7. The van der Waals surface area contributed by atoms with Gasteiger partial charge in [0.2, 0.25) is 0 Å². The van der Waals surface area contributed by atoms with Crippen molar-refractivity contribution in [2.75, 3.05) is 32.9 Å². The molecule has 1 aromatic rings. The molecule has 0 radical (unpaired) electrons. The molecule has 1 heterocycles. The first-order valence-electron chi connectivity index (χ1n) is 5.39. The standard InChI is InChI=1S/C10H17N3O3S/c11-2-1-9-13-8(7-17-9)10(15)12-3-5-16-6-4-14/h7,14H,1-6,11H2,(H,12,15). The molecule has 0 unspecified atom stereocenters. The topological polar surface area (TPSA) is 97.5 Å². The molecule has 0 saturated heterocycles. The Morgan fingerprint density at radius 2 is 2.41 bits per heavy atom. The number of aliphatic hydroxyl groups excluding tert-OH is 1. The second kappa shape index (κ2) is 8.13. The van der Waals surface area contributed by atoms with Gasteiger partial charge in [-0.05, 0) is 6.54 Å². The summed E-state index contributed by atoms with van der Waals surface area (Å²) < 4.78 is 5.01. The molecular formula is C10H17N3O3S. The molecule has 1 rings (SSSR count). The SMILES string of the molecule is NCCc1nc(C(=O)NCCOCCO)cs1. The van der Waals surface area contributed by atoms with Crippen molar-refractivity contribution in [3.63, 3.8) is 0 Å². The zero-order valence-electron chi connectivity index (χ0n) is 9.52. The van der Waals surface area contributed by atoms with E-state index < -0.39 is 0 Å². The first-order valence-corrected chi connectivity index (χ1v) is 6.27. The summed E-state index contributed by atoms with van der Waals surface area (Å²) in [6.07, 6.45) is 0.692. The van der Waals surface area contributed by atoms with E-state index in [0.29, 0.717) is 31.8 Å². The molecule has 0 saturated carbocycles. The monoisotopic (exact) mass is 259 g/mol. The molecule has 17 heavy (non-hydrogen) atoms. The van der Waals surface area contributed by atoms with Gasteiger partial charge in [0.05, 0.1) is 24.8 Å². The highest BCUT2D eigenvalue weighted by Gasteiger charge is 2.09. The van der Waals surface area contributed by atoms with Gasteiger partial charge in [0.25, 0.3) is 5.91 Å². The smallest absolute Gasteiger partial charge is 0.270 e. The Labute approximate surface area is 104 Å². The Balaban J connectivity index is 2.26. The molecular weight excluding hydrogens is 242 g/mol. The van der Waals surface area contributed by atoms with Crippen LogP contribution >= 0.6 is 11.3 Å². The van der Waals surface area contributed by atoms with Crippen LogP contribution in [0.3, 0.4) is 0 Å². The average Bonchev–Trinajstić information content (AvgIpc) is 2.78. The first-order chi connectivity index (χ1) is 8.27. The van der Waals surface area contributed by atoms with Crippen molar-refractivity contribution >= 4 is 17.2 Å². The van der Waals surface area contributed by atoms with Crippen LogP contribution in [0.5, 0.6) is 0 Å². The number of nitrogens with zero attached hydrogens (tertiary/aromatic N) is 1. The van der Waals surface area contributed by atoms with Crippen LogP contribution in [0.25, 0.3) is 0 Å². The molecule has 0 spiro atoms. The van der Waals surface area contributed by atoms with Crippen molar-refractivity contribution in [2.24, 2.45) is 5.73 Å². The Morgan fingerprint density at radius 1 is 1.59 bits per heavy atom. The zero-order valence-corrected chi connectivity index (χ0v) is 10.3. The average molecular weight is 259 g/mol. The van der Waals surface area contributed by atoms with E-state index in [9.17, 15) is 4.79 Å². The van der Waals surface area contributed by atoms with E-state index in [4.69, 9.17) is 15.6 Å². The summed E-state index contributed by atoms with van der Waals surface area (Å²) in [7, 11) is 0. The number of thiazole rings is 1. The van der Waals surface area contributed by atoms with Crippen LogP contribution in [0.15, 0.2) is 5.38 Å². The molecule has 7 heteroatoms. The molecule has 1 aromatic heterocycles. The van der Waals surface area contributed by atoms with Gasteiger partial charge in [-0.25, -0.2) is 4.98 Å². The normalized spacial score (nSPS) is 10.5. The van der Waals surface area contributed by atoms with Gasteiger partial charge in [-0.3, -0.25) is 4.79 Å². The Kier molecular flexibility index (Phi) is 6.71. The summed E-state index contributed by atoms with van der Waals surface area (Å²) in [4.78, 5) is 15.8. The van der Waals surface area contributed by atoms with Crippen LogP contribution in [0.1, 0.15) is 15.5 Å². The predicted octanol–water partition coefficient (Wildman–Crippen LogP) is -0.617. The van der Waals surface area contributed by atoms with E-state index in [0.717, 1.165) is 5.01 Å². The molecule has 0 fully saturated rings. The van der Waals surface area contributed by atoms with Gasteiger partial charge in [0.15, 0.2) is 0 Å². The van der Waals surface area contributed by atoms with Crippen molar-refractivity contribution in [1.82, 2.24) is 10.3 Å². The molecule has 6 nitrogen and oxygen atoms in total. The molecule has 0 aliphatic heterocycles. The second-order valence-corrected chi connectivity index (χ2v) is 4.20. The Bertz CT molecular complexity index is 343. The van der Waals surface area contributed by atoms with E-state index in [2.05, 4.69) is 10.3 Å². The molecule has 0 atom stereocenters. The van der Waals surface area contributed by atoms with E-state index in [1.165, 1.54) is 11.3 Å². The molecule has 4 N–H and O–H groups in total. The maximum absolute atomic E-state index is 11.6. The lowest BCUT2D eigenvalue weighted by atomic mass is 10.4. The van der Waals surface area contributed by atoms with Crippen LogP contribution in [-0.2, 0) is 11.2 Å². The lowest BCUT2D eigenvalue weighted by molar-refractivity contribution is 0.0835. The minimum Gasteiger partial charge on any atom is -0.394 e. The number of hydrogen-bond donors (Lipinski definition) is 3. The van der Waals surface area contributed by atoms with Crippen molar-refractivity contribution in [2.45, 2.75) is 6.42 Å². The van der Waals surface area contributed by atoms with Gasteiger partial charge in [-0.15, -0.1) is 11.3 Å². The third kappa shape index (κ3) is 5.22. The molecule has 1 amide bonds. The van der Waals surface area contributed by atoms with E-state index in [1.807, 2.05) is 0 Å². The van der Waals surface area contributed by atoms with Crippen molar-refractivity contribution in [1.29, 1.82) is 0 Å². The number of nitrogens with two attached hydrogens (primary N) is 1. The minimum absolute atomic E-state index is 0.0114. The zero-order chi connectivity index (χ0) is 12.5. The number of aromatic nitrogens is 1. The molecule has 0 bridgehead atoms. The van der Waals surface area contributed by atoms with Crippen LogP contribution in [0, 0.1) is 0 Å². The number of carbonyl (C=O) groups is 1. The largest absolute Gasteiger partial charge is 0.394 e. The van der Waals surface area contributed by atoms with Gasteiger partial charge >= 0.3 is 0 Å². The fourth-order valence-corrected chi connectivity index (χ4v) is 1.94. The quantitative estimate of drug-likeness (QED) is 0.541. The minimum atomic E-state index is -0.211. The van der Waals surface area contributed by atoms with Gasteiger partial charge in [-0.1, -0.05) is 0 Å². The third-order valence-corrected chi connectivity index (χ3v) is 2.82. The van der Waals surface area contributed by atoms with Crippen LogP contribution in [0.4, 0.5) is 0 Å². The van der Waals surface area contributed by atoms with Crippen LogP contribution in [0.2, 0.25) is 0 Å². The van der Waals surface area contributed by atoms with E-state index in [1.54, 1.807) is 5.38 Å². The number of amides is 1. The van der Waals surface area contributed by atoms with Crippen LogP contribution in [-0.4, -0.2) is 48.9 Å². The molecule has 0 aliphatic rings. The van der Waals surface area contributed by atoms with Gasteiger partial charge in [0.1, 0.15) is 5.69 Å². The number of aliphatic hydroxyl groups is 1. The van der Waals surface area contributed by atoms with Crippen molar-refractivity contribution in [3.05, 3.63) is 16.1 Å². The second-order valence-electron chi connectivity index (χ2n) is 3.26. The summed E-state index contributed by atoms with van der Waals surface area (Å²) in [6, 6.07) is 0. The number of ether oxygens (including phenoxy) is 1. The van der Waals surface area contributed by atoms with Gasteiger partial charge in [0, 0.05) is 18.3 Å². The van der Waals surface area contributed by atoms with Gasteiger partial charge < -0.3 is 20.9 Å². The number of rotatable bonds is 8. The van der Waals surface area contributed by atoms with E-state index in [-0.39, 0.29) is 19.1 Å². The number of carbonyl (C=O) groups excluding carboxylic acids is 1. The summed E-state index contributed by atoms with van der Waals surface area (Å²) in [6.45, 7) is 1.59. The lowest BCUT2D eigenvalue weighted by Crippen LogP contribution is -2.27. The predicted molar refractivity (Wildman–Crippen MR) is 65.1 cm³/mol.